The molecule has 0 radical (unpaired) electrons. The van der Waals surface area contributed by atoms with Gasteiger partial charge in [0.2, 0.25) is 5.91 Å². The van der Waals surface area contributed by atoms with Crippen molar-refractivity contribution in [2.24, 2.45) is 11.8 Å². The van der Waals surface area contributed by atoms with Crippen LogP contribution in [0.3, 0.4) is 0 Å². The molecule has 39 heavy (non-hydrogen) atoms. The van der Waals surface area contributed by atoms with E-state index in [0.717, 1.165) is 49.7 Å². The van der Waals surface area contributed by atoms with Crippen molar-refractivity contribution in [2.75, 3.05) is 30.9 Å². The summed E-state index contributed by atoms with van der Waals surface area (Å²) in [4.78, 5) is 14.1. The Hall–Kier alpha value is -3.01. The zero-order valence-electron chi connectivity index (χ0n) is 22.3. The lowest BCUT2D eigenvalue weighted by Gasteiger charge is -2.31. The molecule has 1 heterocycles. The Kier molecular flexibility index (Phi) is 9.25. The van der Waals surface area contributed by atoms with E-state index in [4.69, 9.17) is 0 Å². The highest BCUT2D eigenvalue weighted by Gasteiger charge is 2.31. The monoisotopic (exact) mass is 568 g/mol. The molecule has 7 nitrogen and oxygen atoms in total. The maximum atomic E-state index is 13.6. The summed E-state index contributed by atoms with van der Waals surface area (Å²) in [5, 5.41) is 6.40. The Labute approximate surface area is 231 Å². The molecule has 3 aromatic carbocycles. The number of carbonyl (C=O) groups is 1. The fourth-order valence-electron chi connectivity index (χ4n) is 5.35. The number of piperidine rings is 1. The van der Waals surface area contributed by atoms with Crippen molar-refractivity contribution in [1.29, 1.82) is 0 Å². The molecule has 208 valence electrons. The minimum atomic E-state index is -3.32. The molecule has 4 rings (SSSR count). The van der Waals surface area contributed by atoms with Crippen molar-refractivity contribution >= 4 is 31.3 Å². The van der Waals surface area contributed by atoms with Crippen molar-refractivity contribution in [3.63, 3.8) is 0 Å². The molecule has 2 atom stereocenters. The average Bonchev–Trinajstić information content (AvgIpc) is 2.91. The van der Waals surface area contributed by atoms with Crippen LogP contribution in [-0.2, 0) is 24.5 Å². The molecule has 0 saturated carbocycles. The van der Waals surface area contributed by atoms with Crippen LogP contribution in [0, 0.1) is 11.8 Å². The van der Waals surface area contributed by atoms with Gasteiger partial charge in [-0.2, -0.15) is 0 Å². The zero-order valence-corrected chi connectivity index (χ0v) is 24.0. The normalized spacial score (nSPS) is 16.4. The van der Waals surface area contributed by atoms with E-state index in [1.165, 1.54) is 18.4 Å². The van der Waals surface area contributed by atoms with E-state index in [-0.39, 0.29) is 33.5 Å². The predicted octanol–water partition coefficient (Wildman–Crippen LogP) is 4.66. The van der Waals surface area contributed by atoms with Crippen LogP contribution in [0.5, 0.6) is 0 Å². The summed E-state index contributed by atoms with van der Waals surface area (Å²) in [6.45, 7) is 1.74. The van der Waals surface area contributed by atoms with E-state index in [2.05, 4.69) is 22.8 Å². The van der Waals surface area contributed by atoms with Crippen LogP contribution in [0.15, 0.2) is 88.7 Å². The molecular formula is C30H36N2O5S2. The van der Waals surface area contributed by atoms with Gasteiger partial charge < -0.3 is 10.6 Å². The van der Waals surface area contributed by atoms with E-state index in [1.807, 2.05) is 30.3 Å². The third-order valence-electron chi connectivity index (χ3n) is 7.52. The highest BCUT2D eigenvalue weighted by molar-refractivity contribution is 7.91. The first-order chi connectivity index (χ1) is 18.5. The van der Waals surface area contributed by atoms with Gasteiger partial charge >= 0.3 is 0 Å². The fourth-order valence-corrected chi connectivity index (χ4v) is 6.61. The molecule has 1 saturated heterocycles. The quantitative estimate of drug-likeness (QED) is 0.368. The molecule has 0 aromatic heterocycles. The smallest absolute Gasteiger partial charge is 0.227 e. The first-order valence-corrected chi connectivity index (χ1v) is 17.0. The van der Waals surface area contributed by atoms with Gasteiger partial charge in [-0.25, -0.2) is 16.8 Å². The molecule has 1 aliphatic rings. The number of hydrogen-bond donors (Lipinski definition) is 2. The second kappa shape index (κ2) is 12.4. The van der Waals surface area contributed by atoms with Crippen molar-refractivity contribution in [2.45, 2.75) is 41.4 Å². The number of rotatable bonds is 10. The van der Waals surface area contributed by atoms with Crippen LogP contribution in [-0.4, -0.2) is 48.3 Å². The van der Waals surface area contributed by atoms with Crippen molar-refractivity contribution < 1.29 is 21.6 Å². The summed E-state index contributed by atoms with van der Waals surface area (Å²) >= 11 is 0. The van der Waals surface area contributed by atoms with Gasteiger partial charge in [-0.15, -0.1) is 0 Å². The van der Waals surface area contributed by atoms with Gasteiger partial charge in [0.25, 0.3) is 0 Å². The summed E-state index contributed by atoms with van der Waals surface area (Å²) in [6, 6.07) is 23.4. The van der Waals surface area contributed by atoms with Gasteiger partial charge in [0.15, 0.2) is 19.7 Å². The van der Waals surface area contributed by atoms with Crippen LogP contribution in [0.2, 0.25) is 0 Å². The minimum Gasteiger partial charge on any atom is -0.326 e. The Morgan fingerprint density at radius 1 is 0.769 bits per heavy atom. The lowest BCUT2D eigenvalue weighted by Crippen LogP contribution is -2.37. The van der Waals surface area contributed by atoms with Crippen LogP contribution < -0.4 is 10.6 Å². The first-order valence-electron chi connectivity index (χ1n) is 13.2. The lowest BCUT2D eigenvalue weighted by atomic mass is 9.78. The Balaban J connectivity index is 1.57. The number of anilines is 1. The molecule has 9 heteroatoms. The first kappa shape index (κ1) is 29.0. The molecular weight excluding hydrogens is 532 g/mol. The van der Waals surface area contributed by atoms with E-state index < -0.39 is 19.7 Å². The molecule has 0 bridgehead atoms. The van der Waals surface area contributed by atoms with Gasteiger partial charge in [-0.1, -0.05) is 42.5 Å². The maximum Gasteiger partial charge on any atom is 0.227 e. The Bertz CT molecular complexity index is 1460. The van der Waals surface area contributed by atoms with Crippen molar-refractivity contribution in [3.05, 3.63) is 90.0 Å². The SMILES string of the molecule is CS(=O)(=O)c1ccc(NC(=O)[C@@H](CCC(c2ccccc2)c2ccc(S(C)(=O)=O)cc2)C2CCNCC2)cc1. The topological polar surface area (TPSA) is 109 Å². The van der Waals surface area contributed by atoms with E-state index >= 15 is 0 Å². The number of nitrogens with one attached hydrogen (secondary N) is 2. The minimum absolute atomic E-state index is 0.00544. The standard InChI is InChI=1S/C30H36N2O5S2/c1-38(34,35)26-12-8-23(9-13-26)28(22-6-4-3-5-7-22)16-17-29(24-18-20-31-21-19-24)30(33)32-25-10-14-27(15-11-25)39(2,36)37/h3-15,24,28-29,31H,16-21H2,1-2H3,(H,32,33)/t28?,29-/m0/s1. The lowest BCUT2D eigenvalue weighted by molar-refractivity contribution is -0.122. The van der Waals surface area contributed by atoms with Gasteiger partial charge in [0, 0.05) is 30.0 Å². The summed E-state index contributed by atoms with van der Waals surface area (Å²) in [5.74, 6) is -0.0483. The van der Waals surface area contributed by atoms with Gasteiger partial charge in [0.1, 0.15) is 0 Å². The second-order valence-corrected chi connectivity index (χ2v) is 14.4. The molecule has 1 unspecified atom stereocenters. The van der Waals surface area contributed by atoms with Gasteiger partial charge in [0.05, 0.1) is 9.79 Å². The highest BCUT2D eigenvalue weighted by Crippen LogP contribution is 2.35. The van der Waals surface area contributed by atoms with Gasteiger partial charge in [-0.3, -0.25) is 4.79 Å². The maximum absolute atomic E-state index is 13.6. The van der Waals surface area contributed by atoms with Crippen LogP contribution in [0.1, 0.15) is 42.7 Å². The number of benzene rings is 3. The summed E-state index contributed by atoms with van der Waals surface area (Å²) < 4.78 is 47.6. The number of sulfone groups is 2. The van der Waals surface area contributed by atoms with Crippen molar-refractivity contribution in [1.82, 2.24) is 5.32 Å². The molecule has 0 spiro atoms. The molecule has 2 N–H and O–H groups in total. The zero-order chi connectivity index (χ0) is 28.0. The van der Waals surface area contributed by atoms with E-state index in [0.29, 0.717) is 12.1 Å². The average molecular weight is 569 g/mol. The predicted molar refractivity (Wildman–Crippen MR) is 154 cm³/mol. The molecule has 0 aliphatic carbocycles. The van der Waals surface area contributed by atoms with E-state index in [9.17, 15) is 21.6 Å². The number of carbonyl (C=O) groups excluding carboxylic acids is 1. The van der Waals surface area contributed by atoms with Gasteiger partial charge in [-0.05, 0) is 92.2 Å². The summed E-state index contributed by atoms with van der Waals surface area (Å²) in [7, 11) is -6.61. The Morgan fingerprint density at radius 2 is 1.28 bits per heavy atom. The van der Waals surface area contributed by atoms with Crippen LogP contribution in [0.4, 0.5) is 5.69 Å². The molecule has 1 aliphatic heterocycles. The third-order valence-corrected chi connectivity index (χ3v) is 9.78. The Morgan fingerprint density at radius 3 is 1.82 bits per heavy atom. The fraction of sp³-hybridized carbons (Fsp3) is 0.367. The highest BCUT2D eigenvalue weighted by atomic mass is 32.2. The largest absolute Gasteiger partial charge is 0.326 e. The van der Waals surface area contributed by atoms with E-state index in [1.54, 1.807) is 24.3 Å². The summed E-state index contributed by atoms with van der Waals surface area (Å²) in [6.07, 6.45) is 5.55. The van der Waals surface area contributed by atoms with Crippen LogP contribution >= 0.6 is 0 Å². The molecule has 3 aromatic rings. The van der Waals surface area contributed by atoms with Crippen LogP contribution in [0.25, 0.3) is 0 Å². The number of hydrogen-bond acceptors (Lipinski definition) is 6. The molecule has 1 amide bonds. The second-order valence-electron chi connectivity index (χ2n) is 10.4. The molecule has 1 fully saturated rings. The van der Waals surface area contributed by atoms with Crippen molar-refractivity contribution in [3.8, 4) is 0 Å². The third kappa shape index (κ3) is 7.77. The number of amides is 1. The summed E-state index contributed by atoms with van der Waals surface area (Å²) in [5.41, 5.74) is 2.70.